The van der Waals surface area contributed by atoms with Crippen LogP contribution in [0, 0.1) is 0 Å². The molecule has 2 amide bonds. The highest BCUT2D eigenvalue weighted by Gasteiger charge is 2.31. The van der Waals surface area contributed by atoms with Gasteiger partial charge in [-0.3, -0.25) is 13.9 Å². The highest BCUT2D eigenvalue weighted by Crippen LogP contribution is 2.23. The number of nitrogens with zero attached hydrogens (tertiary/aromatic N) is 2. The molecule has 0 bridgehead atoms. The van der Waals surface area contributed by atoms with Gasteiger partial charge in [-0.05, 0) is 55.7 Å². The van der Waals surface area contributed by atoms with Gasteiger partial charge in [0.25, 0.3) is 0 Å². The molecular formula is C25H32ClN3O5S. The third kappa shape index (κ3) is 7.35. The van der Waals surface area contributed by atoms with Gasteiger partial charge in [-0.2, -0.15) is 0 Å². The van der Waals surface area contributed by atoms with Crippen molar-refractivity contribution in [1.29, 1.82) is 0 Å². The number of ether oxygens (including phenoxy) is 1. The van der Waals surface area contributed by atoms with Crippen LogP contribution in [0.15, 0.2) is 48.5 Å². The molecule has 190 valence electrons. The zero-order valence-corrected chi connectivity index (χ0v) is 21.8. The maximum Gasteiger partial charge on any atom is 0.244 e. The second-order valence-corrected chi connectivity index (χ2v) is 11.1. The molecule has 10 heteroatoms. The van der Waals surface area contributed by atoms with Crippen molar-refractivity contribution in [3.05, 3.63) is 59.1 Å². The number of amides is 2. The molecular weight excluding hydrogens is 490 g/mol. The lowest BCUT2D eigenvalue weighted by atomic mass is 10.1. The number of halogens is 1. The first-order valence-electron chi connectivity index (χ1n) is 11.5. The largest absolute Gasteiger partial charge is 0.497 e. The first kappa shape index (κ1) is 26.8. The molecule has 1 fully saturated rings. The lowest BCUT2D eigenvalue weighted by Crippen LogP contribution is -2.52. The smallest absolute Gasteiger partial charge is 0.244 e. The Balaban J connectivity index is 1.87. The number of methoxy groups -OCH3 is 1. The Labute approximate surface area is 212 Å². The molecule has 1 saturated carbocycles. The van der Waals surface area contributed by atoms with E-state index >= 15 is 0 Å². The van der Waals surface area contributed by atoms with Gasteiger partial charge in [-0.15, -0.1) is 0 Å². The van der Waals surface area contributed by atoms with Gasteiger partial charge >= 0.3 is 0 Å². The van der Waals surface area contributed by atoms with Crippen LogP contribution in [0.1, 0.15) is 38.2 Å². The molecule has 2 aromatic rings. The van der Waals surface area contributed by atoms with Gasteiger partial charge in [0.15, 0.2) is 0 Å². The minimum absolute atomic E-state index is 0.0990. The van der Waals surface area contributed by atoms with Crippen molar-refractivity contribution in [2.24, 2.45) is 0 Å². The maximum atomic E-state index is 13.6. The van der Waals surface area contributed by atoms with Crippen molar-refractivity contribution in [2.45, 2.75) is 51.2 Å². The van der Waals surface area contributed by atoms with Gasteiger partial charge in [0.1, 0.15) is 18.3 Å². The molecule has 2 aromatic carbocycles. The molecule has 0 radical (unpaired) electrons. The monoisotopic (exact) mass is 521 g/mol. The highest BCUT2D eigenvalue weighted by molar-refractivity contribution is 7.92. The predicted octanol–water partition coefficient (Wildman–Crippen LogP) is 3.59. The normalized spacial score (nSPS) is 14.9. The fraction of sp³-hybridized carbons (Fsp3) is 0.440. The first-order chi connectivity index (χ1) is 16.6. The molecule has 35 heavy (non-hydrogen) atoms. The van der Waals surface area contributed by atoms with Crippen LogP contribution in [0.5, 0.6) is 5.75 Å². The molecule has 1 aliphatic carbocycles. The van der Waals surface area contributed by atoms with Crippen molar-refractivity contribution in [2.75, 3.05) is 24.2 Å². The molecule has 3 rings (SSSR count). The van der Waals surface area contributed by atoms with Crippen molar-refractivity contribution in [3.8, 4) is 5.75 Å². The Bertz CT molecular complexity index is 1130. The summed E-state index contributed by atoms with van der Waals surface area (Å²) in [7, 11) is -2.23. The van der Waals surface area contributed by atoms with Crippen LogP contribution in [0.3, 0.4) is 0 Å². The summed E-state index contributed by atoms with van der Waals surface area (Å²) in [4.78, 5) is 28.0. The van der Waals surface area contributed by atoms with Crippen LogP contribution in [0.2, 0.25) is 5.02 Å². The summed E-state index contributed by atoms with van der Waals surface area (Å²) in [6.07, 6.45) is 5.00. The molecule has 0 heterocycles. The van der Waals surface area contributed by atoms with Crippen molar-refractivity contribution in [1.82, 2.24) is 10.2 Å². The molecule has 1 atom stereocenters. The lowest BCUT2D eigenvalue weighted by molar-refractivity contribution is -0.139. The Kier molecular flexibility index (Phi) is 9.02. The van der Waals surface area contributed by atoms with E-state index in [-0.39, 0.29) is 24.2 Å². The summed E-state index contributed by atoms with van der Waals surface area (Å²) >= 11 is 6.06. The van der Waals surface area contributed by atoms with Gasteiger partial charge in [0.05, 0.1) is 19.1 Å². The standard InChI is InChI=1S/C25H32ClN3O5S/c1-18(25(31)27-21-8-4-5-9-21)28(16-19-11-13-23(34-2)14-12-19)24(30)17-29(35(3,32)33)22-10-6-7-20(26)15-22/h6-7,10-15,18,21H,4-5,8-9,16-17H2,1-3H3,(H,27,31). The van der Waals surface area contributed by atoms with Crippen molar-refractivity contribution < 1.29 is 22.7 Å². The topological polar surface area (TPSA) is 96.0 Å². The Hall–Kier alpha value is -2.78. The van der Waals surface area contributed by atoms with Crippen LogP contribution in [0.4, 0.5) is 5.69 Å². The second kappa shape index (κ2) is 11.8. The maximum absolute atomic E-state index is 13.6. The molecule has 8 nitrogen and oxygen atoms in total. The van der Waals surface area contributed by atoms with Gasteiger partial charge in [-0.1, -0.05) is 42.6 Å². The van der Waals surface area contributed by atoms with E-state index in [9.17, 15) is 18.0 Å². The van der Waals surface area contributed by atoms with E-state index in [4.69, 9.17) is 16.3 Å². The fourth-order valence-electron chi connectivity index (χ4n) is 4.15. The first-order valence-corrected chi connectivity index (χ1v) is 13.8. The Morgan fingerprint density at radius 3 is 2.37 bits per heavy atom. The number of carbonyl (C=O) groups is 2. The Morgan fingerprint density at radius 2 is 1.80 bits per heavy atom. The molecule has 0 spiro atoms. The van der Waals surface area contributed by atoms with E-state index < -0.39 is 28.5 Å². The third-order valence-electron chi connectivity index (χ3n) is 6.16. The van der Waals surface area contributed by atoms with Crippen LogP contribution in [-0.2, 0) is 26.2 Å². The number of rotatable bonds is 10. The molecule has 0 aromatic heterocycles. The average Bonchev–Trinajstić information content (AvgIpc) is 3.33. The summed E-state index contributed by atoms with van der Waals surface area (Å²) in [6, 6.07) is 12.8. The van der Waals surface area contributed by atoms with Crippen molar-refractivity contribution in [3.63, 3.8) is 0 Å². The molecule has 0 aliphatic heterocycles. The van der Waals surface area contributed by atoms with E-state index in [2.05, 4.69) is 5.32 Å². The number of hydrogen-bond acceptors (Lipinski definition) is 5. The third-order valence-corrected chi connectivity index (χ3v) is 7.53. The zero-order chi connectivity index (χ0) is 25.6. The predicted molar refractivity (Wildman–Crippen MR) is 137 cm³/mol. The number of sulfonamides is 1. The van der Waals surface area contributed by atoms with E-state index in [1.807, 2.05) is 12.1 Å². The summed E-state index contributed by atoms with van der Waals surface area (Å²) in [5.41, 5.74) is 1.06. The molecule has 1 aliphatic rings. The summed E-state index contributed by atoms with van der Waals surface area (Å²) in [6.45, 7) is 1.33. The number of carbonyl (C=O) groups excluding carboxylic acids is 2. The fourth-order valence-corrected chi connectivity index (χ4v) is 5.17. The van der Waals surface area contributed by atoms with Gasteiger partial charge in [0, 0.05) is 17.6 Å². The summed E-state index contributed by atoms with van der Waals surface area (Å²) < 4.78 is 31.4. The summed E-state index contributed by atoms with van der Waals surface area (Å²) in [5.74, 6) is -0.0874. The van der Waals surface area contributed by atoms with E-state index in [0.29, 0.717) is 10.8 Å². The minimum atomic E-state index is -3.80. The minimum Gasteiger partial charge on any atom is -0.497 e. The number of benzene rings is 2. The molecule has 1 N–H and O–H groups in total. The van der Waals surface area contributed by atoms with E-state index in [1.54, 1.807) is 44.4 Å². The number of nitrogens with one attached hydrogen (secondary N) is 1. The van der Waals surface area contributed by atoms with Crippen LogP contribution in [0.25, 0.3) is 0 Å². The van der Waals surface area contributed by atoms with Gasteiger partial charge < -0.3 is 15.0 Å². The second-order valence-electron chi connectivity index (χ2n) is 8.79. The summed E-state index contributed by atoms with van der Waals surface area (Å²) in [5, 5.41) is 3.39. The van der Waals surface area contributed by atoms with Crippen LogP contribution in [-0.4, -0.2) is 57.1 Å². The highest BCUT2D eigenvalue weighted by atomic mass is 35.5. The number of anilines is 1. The lowest BCUT2D eigenvalue weighted by Gasteiger charge is -2.32. The van der Waals surface area contributed by atoms with E-state index in [1.165, 1.54) is 11.0 Å². The molecule has 0 saturated heterocycles. The average molecular weight is 522 g/mol. The van der Waals surface area contributed by atoms with Crippen molar-refractivity contribution >= 4 is 39.1 Å². The SMILES string of the molecule is COc1ccc(CN(C(=O)CN(c2cccc(Cl)c2)S(C)(=O)=O)C(C)C(=O)NC2CCCC2)cc1. The number of hydrogen-bond donors (Lipinski definition) is 1. The van der Waals surface area contributed by atoms with Crippen LogP contribution < -0.4 is 14.4 Å². The van der Waals surface area contributed by atoms with Gasteiger partial charge in [0.2, 0.25) is 21.8 Å². The Morgan fingerprint density at radius 1 is 1.14 bits per heavy atom. The van der Waals surface area contributed by atoms with Crippen LogP contribution >= 0.6 is 11.6 Å². The van der Waals surface area contributed by atoms with E-state index in [0.717, 1.165) is 41.8 Å². The zero-order valence-electron chi connectivity index (χ0n) is 20.2. The quantitative estimate of drug-likeness (QED) is 0.515. The molecule has 1 unspecified atom stereocenters. The van der Waals surface area contributed by atoms with Gasteiger partial charge in [-0.25, -0.2) is 8.42 Å².